The number of aliphatic hydroxyl groups is 1. The van der Waals surface area contributed by atoms with Crippen molar-refractivity contribution in [3.05, 3.63) is 76.1 Å². The summed E-state index contributed by atoms with van der Waals surface area (Å²) < 4.78 is 34.1. The number of fused-ring (bicyclic) bond motifs is 1. The summed E-state index contributed by atoms with van der Waals surface area (Å²) in [5, 5.41) is 10.6. The Morgan fingerprint density at radius 3 is 2.44 bits per heavy atom. The fraction of sp³-hybridized carbons (Fsp3) is 0.320. The third-order valence-corrected chi connectivity index (χ3v) is 5.83. The molecule has 0 unspecified atom stereocenters. The third-order valence-electron chi connectivity index (χ3n) is 5.83. The minimum Gasteiger partial charge on any atom is -0.434 e. The topological polar surface area (TPSA) is 82.2 Å². The number of hydrogen-bond donors (Lipinski definition) is 1. The first-order chi connectivity index (χ1) is 16.1. The molecule has 0 radical (unpaired) electrons. The normalized spacial score (nSPS) is 12.0. The van der Waals surface area contributed by atoms with Crippen molar-refractivity contribution < 1.29 is 18.6 Å². The molecule has 9 heteroatoms. The highest BCUT2D eigenvalue weighted by Crippen LogP contribution is 2.29. The predicted molar refractivity (Wildman–Crippen MR) is 125 cm³/mol. The molecule has 2 heterocycles. The molecule has 7 nitrogen and oxygen atoms in total. The third kappa shape index (κ3) is 4.43. The highest BCUT2D eigenvalue weighted by atomic mass is 19.3. The van der Waals surface area contributed by atoms with Crippen molar-refractivity contribution in [2.24, 2.45) is 7.05 Å². The number of nitrogens with zero attached hydrogens (tertiary/aromatic N) is 4. The summed E-state index contributed by atoms with van der Waals surface area (Å²) >= 11 is 0. The first kappa shape index (κ1) is 23.6. The highest BCUT2D eigenvalue weighted by molar-refractivity contribution is 5.84. The molecule has 4 aromatic rings. The summed E-state index contributed by atoms with van der Waals surface area (Å²) in [5.74, 6) is 0.395. The van der Waals surface area contributed by atoms with Gasteiger partial charge in [0.2, 0.25) is 0 Å². The van der Waals surface area contributed by atoms with Gasteiger partial charge in [-0.3, -0.25) is 14.2 Å². The number of aryl methyl sites for hydroxylation is 1. The first-order valence-electron chi connectivity index (χ1n) is 10.9. The van der Waals surface area contributed by atoms with E-state index in [-0.39, 0.29) is 17.9 Å². The van der Waals surface area contributed by atoms with E-state index in [2.05, 4.69) is 9.97 Å². The Balaban J connectivity index is 1.82. The molecule has 1 N–H and O–H groups in total. The lowest BCUT2D eigenvalue weighted by Gasteiger charge is -2.17. The van der Waals surface area contributed by atoms with Crippen LogP contribution in [0.1, 0.15) is 37.7 Å². The van der Waals surface area contributed by atoms with E-state index in [0.29, 0.717) is 34.3 Å². The van der Waals surface area contributed by atoms with Crippen molar-refractivity contribution in [3.63, 3.8) is 0 Å². The van der Waals surface area contributed by atoms with Crippen molar-refractivity contribution in [1.82, 2.24) is 19.3 Å². The minimum atomic E-state index is -2.95. The molecule has 0 amide bonds. The fourth-order valence-electron chi connectivity index (χ4n) is 4.01. The van der Waals surface area contributed by atoms with Crippen LogP contribution in [-0.2, 0) is 25.6 Å². The van der Waals surface area contributed by atoms with Crippen LogP contribution in [-0.4, -0.2) is 31.0 Å². The van der Waals surface area contributed by atoms with Crippen LogP contribution in [0.5, 0.6) is 5.75 Å². The lowest BCUT2D eigenvalue weighted by atomic mass is 10.0. The molecule has 34 heavy (non-hydrogen) atoms. The number of ether oxygens (including phenoxy) is 1. The van der Waals surface area contributed by atoms with E-state index in [1.54, 1.807) is 50.1 Å². The number of rotatable bonds is 7. The van der Waals surface area contributed by atoms with Crippen LogP contribution in [0.4, 0.5) is 8.78 Å². The zero-order chi connectivity index (χ0) is 24.6. The van der Waals surface area contributed by atoms with Crippen molar-refractivity contribution in [1.29, 1.82) is 0 Å². The van der Waals surface area contributed by atoms with Gasteiger partial charge in [0.05, 0.1) is 17.4 Å². The van der Waals surface area contributed by atoms with E-state index in [1.807, 2.05) is 25.1 Å². The van der Waals surface area contributed by atoms with Gasteiger partial charge in [0.15, 0.2) is 5.82 Å². The van der Waals surface area contributed by atoms with Crippen LogP contribution in [0.3, 0.4) is 0 Å². The summed E-state index contributed by atoms with van der Waals surface area (Å²) in [6.07, 6.45) is 3.86. The van der Waals surface area contributed by atoms with E-state index in [1.165, 1.54) is 10.7 Å². The van der Waals surface area contributed by atoms with Crippen LogP contribution < -0.4 is 10.3 Å². The van der Waals surface area contributed by atoms with Gasteiger partial charge in [-0.1, -0.05) is 25.1 Å². The SMILES string of the molecule is CCc1cccc(OC(F)F)c1Cn1c2cc(-c3cnc(C(C)(C)O)nc3)ccc2c(=O)n1C. The van der Waals surface area contributed by atoms with Crippen LogP contribution in [0, 0.1) is 0 Å². The second-order valence-electron chi connectivity index (χ2n) is 8.60. The smallest absolute Gasteiger partial charge is 0.387 e. The Bertz CT molecular complexity index is 1390. The molecule has 2 aromatic carbocycles. The molecular weight excluding hydrogens is 442 g/mol. The molecule has 0 aliphatic carbocycles. The van der Waals surface area contributed by atoms with Gasteiger partial charge >= 0.3 is 6.61 Å². The van der Waals surface area contributed by atoms with E-state index < -0.39 is 12.2 Å². The summed E-state index contributed by atoms with van der Waals surface area (Å²) in [6, 6.07) is 10.4. The lowest BCUT2D eigenvalue weighted by Crippen LogP contribution is -2.20. The second-order valence-corrected chi connectivity index (χ2v) is 8.60. The van der Waals surface area contributed by atoms with Gasteiger partial charge in [-0.15, -0.1) is 0 Å². The van der Waals surface area contributed by atoms with E-state index >= 15 is 0 Å². The fourth-order valence-corrected chi connectivity index (χ4v) is 4.01. The summed E-state index contributed by atoms with van der Waals surface area (Å²) in [6.45, 7) is 2.38. The summed E-state index contributed by atoms with van der Waals surface area (Å²) in [7, 11) is 1.64. The maximum Gasteiger partial charge on any atom is 0.387 e. The van der Waals surface area contributed by atoms with Gasteiger partial charge in [-0.2, -0.15) is 8.78 Å². The van der Waals surface area contributed by atoms with Gasteiger partial charge < -0.3 is 9.84 Å². The first-order valence-corrected chi connectivity index (χ1v) is 10.9. The number of benzene rings is 2. The van der Waals surface area contributed by atoms with Gasteiger partial charge in [0, 0.05) is 30.6 Å². The molecule has 0 saturated carbocycles. The molecule has 4 rings (SSSR count). The molecular formula is C25H26F2N4O3. The second kappa shape index (κ2) is 8.98. The molecule has 0 aliphatic heterocycles. The maximum absolute atomic E-state index is 13.0. The standard InChI is InChI=1S/C25H26F2N4O3/c1-5-15-7-6-8-21(34-24(26)27)19(15)14-31-20-11-16(9-10-18(20)22(32)30(31)4)17-12-28-23(29-13-17)25(2,3)33/h6-13,24,33H,5,14H2,1-4H3. The average Bonchev–Trinajstić information content (AvgIpc) is 3.03. The number of halogens is 2. The molecule has 0 spiro atoms. The predicted octanol–water partition coefficient (Wildman–Crippen LogP) is 4.24. The average molecular weight is 469 g/mol. The Morgan fingerprint density at radius 2 is 1.82 bits per heavy atom. The summed E-state index contributed by atoms with van der Waals surface area (Å²) in [4.78, 5) is 21.4. The zero-order valence-corrected chi connectivity index (χ0v) is 19.4. The lowest BCUT2D eigenvalue weighted by molar-refractivity contribution is -0.0505. The van der Waals surface area contributed by atoms with Crippen LogP contribution in [0.2, 0.25) is 0 Å². The van der Waals surface area contributed by atoms with Gasteiger partial charge in [-0.25, -0.2) is 9.97 Å². The number of hydrogen-bond acceptors (Lipinski definition) is 5. The molecule has 2 aromatic heterocycles. The van der Waals surface area contributed by atoms with Crippen LogP contribution in [0.25, 0.3) is 22.0 Å². The molecule has 178 valence electrons. The van der Waals surface area contributed by atoms with E-state index in [9.17, 15) is 18.7 Å². The Hall–Kier alpha value is -3.59. The molecule has 0 fully saturated rings. The van der Waals surface area contributed by atoms with E-state index in [4.69, 9.17) is 4.74 Å². The Labute approximate surface area is 195 Å². The number of alkyl halides is 2. The Morgan fingerprint density at radius 1 is 1.12 bits per heavy atom. The number of aromatic nitrogens is 4. The van der Waals surface area contributed by atoms with Crippen molar-refractivity contribution in [2.45, 2.75) is 45.9 Å². The van der Waals surface area contributed by atoms with Gasteiger partial charge in [0.1, 0.15) is 11.4 Å². The van der Waals surface area contributed by atoms with E-state index in [0.717, 1.165) is 11.1 Å². The van der Waals surface area contributed by atoms with Crippen molar-refractivity contribution in [2.75, 3.05) is 0 Å². The largest absolute Gasteiger partial charge is 0.434 e. The quantitative estimate of drug-likeness (QED) is 0.439. The summed E-state index contributed by atoms with van der Waals surface area (Å²) in [5.41, 5.74) is 2.24. The maximum atomic E-state index is 13.0. The molecule has 0 atom stereocenters. The Kier molecular flexibility index (Phi) is 6.22. The van der Waals surface area contributed by atoms with Crippen molar-refractivity contribution >= 4 is 10.9 Å². The van der Waals surface area contributed by atoms with Gasteiger partial charge in [0.25, 0.3) is 5.56 Å². The van der Waals surface area contributed by atoms with Crippen LogP contribution in [0.15, 0.2) is 53.6 Å². The van der Waals surface area contributed by atoms with Crippen LogP contribution >= 0.6 is 0 Å². The monoisotopic (exact) mass is 468 g/mol. The molecule has 0 bridgehead atoms. The molecule has 0 saturated heterocycles. The van der Waals surface area contributed by atoms with Crippen molar-refractivity contribution in [3.8, 4) is 16.9 Å². The molecule has 0 aliphatic rings. The minimum absolute atomic E-state index is 0.0930. The van der Waals surface area contributed by atoms with Gasteiger partial charge in [-0.05, 0) is 49.6 Å². The zero-order valence-electron chi connectivity index (χ0n) is 19.4. The highest BCUT2D eigenvalue weighted by Gasteiger charge is 2.20.